The van der Waals surface area contributed by atoms with Gasteiger partial charge < -0.3 is 5.11 Å². The number of benzene rings is 1. The van der Waals surface area contributed by atoms with E-state index in [9.17, 15) is 21.9 Å². The van der Waals surface area contributed by atoms with Crippen LogP contribution in [-0.2, 0) is 20.0 Å². The average Bonchev–Trinajstić information content (AvgIpc) is 2.35. The first-order valence-electron chi connectivity index (χ1n) is 6.44. The van der Waals surface area contributed by atoms with Crippen molar-refractivity contribution in [1.29, 1.82) is 0 Å². The Morgan fingerprint density at radius 2 is 1.81 bits per heavy atom. The summed E-state index contributed by atoms with van der Waals surface area (Å²) in [4.78, 5) is -0.402. The van der Waals surface area contributed by atoms with Crippen LogP contribution in [-0.4, -0.2) is 44.9 Å². The molecule has 0 amide bonds. The van der Waals surface area contributed by atoms with Crippen molar-refractivity contribution in [2.45, 2.75) is 35.2 Å². The van der Waals surface area contributed by atoms with Gasteiger partial charge in [-0.2, -0.15) is 4.31 Å². The Balaban J connectivity index is 2.27. The van der Waals surface area contributed by atoms with Crippen LogP contribution in [0.4, 0.5) is 0 Å². The average molecular weight is 334 g/mol. The van der Waals surface area contributed by atoms with Gasteiger partial charge in [0.25, 0.3) is 0 Å². The predicted molar refractivity (Wildman–Crippen MR) is 76.4 cm³/mol. The third-order valence-corrected chi connectivity index (χ3v) is 6.13. The fourth-order valence-corrected chi connectivity index (χ4v) is 4.64. The van der Waals surface area contributed by atoms with Gasteiger partial charge >= 0.3 is 0 Å². The van der Waals surface area contributed by atoms with E-state index in [1.807, 2.05) is 6.92 Å². The molecule has 118 valence electrons. The van der Waals surface area contributed by atoms with E-state index in [0.717, 1.165) is 16.8 Å². The Bertz CT molecular complexity index is 737. The normalized spacial score (nSPS) is 19.2. The van der Waals surface area contributed by atoms with Gasteiger partial charge in [0.15, 0.2) is 0 Å². The number of nitrogens with two attached hydrogens (primary N) is 1. The zero-order chi connectivity index (χ0) is 15.9. The van der Waals surface area contributed by atoms with Crippen molar-refractivity contribution < 1.29 is 21.9 Å². The second-order valence-electron chi connectivity index (χ2n) is 5.27. The van der Waals surface area contributed by atoms with Crippen molar-refractivity contribution >= 4 is 20.0 Å². The first-order chi connectivity index (χ1) is 9.58. The molecule has 2 rings (SSSR count). The molecule has 1 fully saturated rings. The Morgan fingerprint density at radius 3 is 2.33 bits per heavy atom. The standard InChI is InChI=1S/C12H18N2O5S2/c1-2-6-12(15)8-14(9-12)21(18,19)11-5-3-4-10(7-11)20(13,16)17/h3-5,7,15H,2,6,8-9H2,1H3,(H2,13,16,17). The van der Waals surface area contributed by atoms with E-state index >= 15 is 0 Å². The Morgan fingerprint density at radius 1 is 1.24 bits per heavy atom. The predicted octanol–water partition coefficient (Wildman–Crippen LogP) is -0.130. The topological polar surface area (TPSA) is 118 Å². The highest BCUT2D eigenvalue weighted by molar-refractivity contribution is 7.90. The summed E-state index contributed by atoms with van der Waals surface area (Å²) in [7, 11) is -7.78. The number of primary sulfonamides is 1. The number of sulfonamides is 2. The molecule has 1 saturated heterocycles. The maximum absolute atomic E-state index is 12.4. The van der Waals surface area contributed by atoms with Crippen LogP contribution in [0.5, 0.6) is 0 Å². The zero-order valence-corrected chi connectivity index (χ0v) is 13.2. The van der Waals surface area contributed by atoms with Crippen molar-refractivity contribution in [1.82, 2.24) is 4.31 Å². The minimum atomic E-state index is -3.96. The van der Waals surface area contributed by atoms with Crippen molar-refractivity contribution in [3.05, 3.63) is 24.3 Å². The quantitative estimate of drug-likeness (QED) is 0.777. The molecule has 1 aromatic rings. The highest BCUT2D eigenvalue weighted by Gasteiger charge is 2.46. The number of hydrogen-bond acceptors (Lipinski definition) is 5. The van der Waals surface area contributed by atoms with Crippen molar-refractivity contribution in [3.63, 3.8) is 0 Å². The fraction of sp³-hybridized carbons (Fsp3) is 0.500. The lowest BCUT2D eigenvalue weighted by Gasteiger charge is -2.45. The third kappa shape index (κ3) is 3.27. The van der Waals surface area contributed by atoms with E-state index in [2.05, 4.69) is 0 Å². The largest absolute Gasteiger partial charge is 0.387 e. The minimum Gasteiger partial charge on any atom is -0.387 e. The molecule has 0 spiro atoms. The molecule has 0 atom stereocenters. The van der Waals surface area contributed by atoms with Gasteiger partial charge in [0.2, 0.25) is 20.0 Å². The second kappa shape index (κ2) is 5.33. The van der Waals surface area contributed by atoms with Gasteiger partial charge in [-0.05, 0) is 24.6 Å². The lowest BCUT2D eigenvalue weighted by atomic mass is 9.92. The first-order valence-corrected chi connectivity index (χ1v) is 9.42. The van der Waals surface area contributed by atoms with E-state index in [1.165, 1.54) is 18.2 Å². The van der Waals surface area contributed by atoms with Crippen LogP contribution >= 0.6 is 0 Å². The maximum Gasteiger partial charge on any atom is 0.243 e. The Hall–Kier alpha value is -1.00. The lowest BCUT2D eigenvalue weighted by molar-refractivity contribution is -0.0653. The summed E-state index contributed by atoms with van der Waals surface area (Å²) >= 11 is 0. The highest BCUT2D eigenvalue weighted by Crippen LogP contribution is 2.31. The van der Waals surface area contributed by atoms with Crippen LogP contribution < -0.4 is 5.14 Å². The van der Waals surface area contributed by atoms with Gasteiger partial charge in [-0.3, -0.25) is 0 Å². The summed E-state index contributed by atoms with van der Waals surface area (Å²) in [5, 5.41) is 15.1. The summed E-state index contributed by atoms with van der Waals surface area (Å²) in [6, 6.07) is 4.89. The van der Waals surface area contributed by atoms with E-state index in [4.69, 9.17) is 5.14 Å². The highest BCUT2D eigenvalue weighted by atomic mass is 32.2. The van der Waals surface area contributed by atoms with Gasteiger partial charge in [-0.1, -0.05) is 19.4 Å². The van der Waals surface area contributed by atoms with E-state index in [-0.39, 0.29) is 22.9 Å². The number of aliphatic hydroxyl groups is 1. The molecule has 0 unspecified atom stereocenters. The SMILES string of the molecule is CCCC1(O)CN(S(=O)(=O)c2cccc(S(N)(=O)=O)c2)C1. The molecule has 1 aliphatic rings. The van der Waals surface area contributed by atoms with Crippen LogP contribution in [0, 0.1) is 0 Å². The van der Waals surface area contributed by atoms with E-state index < -0.39 is 25.6 Å². The molecule has 21 heavy (non-hydrogen) atoms. The molecule has 7 nitrogen and oxygen atoms in total. The van der Waals surface area contributed by atoms with Crippen molar-refractivity contribution in [2.75, 3.05) is 13.1 Å². The summed E-state index contributed by atoms with van der Waals surface area (Å²) in [5.41, 5.74) is -0.987. The smallest absolute Gasteiger partial charge is 0.243 e. The molecular formula is C12H18N2O5S2. The van der Waals surface area contributed by atoms with Crippen LogP contribution in [0.2, 0.25) is 0 Å². The fourth-order valence-electron chi connectivity index (χ4n) is 2.36. The van der Waals surface area contributed by atoms with Crippen molar-refractivity contribution in [2.24, 2.45) is 5.14 Å². The first kappa shape index (κ1) is 16.4. The molecular weight excluding hydrogens is 316 g/mol. The molecule has 3 N–H and O–H groups in total. The van der Waals surface area contributed by atoms with Gasteiger partial charge in [-0.25, -0.2) is 22.0 Å². The van der Waals surface area contributed by atoms with Crippen LogP contribution in [0.25, 0.3) is 0 Å². The Labute approximate surface area is 124 Å². The number of hydrogen-bond donors (Lipinski definition) is 2. The summed E-state index contributed by atoms with van der Waals surface area (Å²) in [6.07, 6.45) is 1.28. The van der Waals surface area contributed by atoms with Gasteiger partial charge in [0.05, 0.1) is 15.4 Å². The molecule has 0 bridgehead atoms. The van der Waals surface area contributed by atoms with Crippen LogP contribution in [0.15, 0.2) is 34.1 Å². The lowest BCUT2D eigenvalue weighted by Crippen LogP contribution is -2.63. The van der Waals surface area contributed by atoms with E-state index in [1.54, 1.807) is 0 Å². The molecule has 1 aromatic carbocycles. The van der Waals surface area contributed by atoms with Crippen LogP contribution in [0.1, 0.15) is 19.8 Å². The molecule has 0 saturated carbocycles. The van der Waals surface area contributed by atoms with Gasteiger partial charge in [-0.15, -0.1) is 0 Å². The molecule has 1 aliphatic heterocycles. The monoisotopic (exact) mass is 334 g/mol. The summed E-state index contributed by atoms with van der Waals surface area (Å²) in [6.45, 7) is 1.94. The minimum absolute atomic E-state index is 0.0166. The number of β-amino-alcohol motifs (C(OH)–C–C–N with tert-alkyl or cyclic N) is 1. The molecule has 1 heterocycles. The summed E-state index contributed by atoms with van der Waals surface area (Å²) < 4.78 is 48.4. The molecule has 0 aliphatic carbocycles. The zero-order valence-electron chi connectivity index (χ0n) is 11.6. The number of nitrogens with zero attached hydrogens (tertiary/aromatic N) is 1. The van der Waals surface area contributed by atoms with Crippen molar-refractivity contribution in [3.8, 4) is 0 Å². The Kier molecular flexibility index (Phi) is 4.15. The number of rotatable bonds is 5. The van der Waals surface area contributed by atoms with Crippen LogP contribution in [0.3, 0.4) is 0 Å². The second-order valence-corrected chi connectivity index (χ2v) is 8.77. The molecule has 9 heteroatoms. The summed E-state index contributed by atoms with van der Waals surface area (Å²) in [5.74, 6) is 0. The molecule has 0 aromatic heterocycles. The third-order valence-electron chi connectivity index (χ3n) is 3.43. The maximum atomic E-state index is 12.4. The van der Waals surface area contributed by atoms with Gasteiger partial charge in [0, 0.05) is 13.1 Å². The van der Waals surface area contributed by atoms with E-state index in [0.29, 0.717) is 6.42 Å². The van der Waals surface area contributed by atoms with Gasteiger partial charge in [0.1, 0.15) is 0 Å². The molecule has 0 radical (unpaired) electrons.